The highest BCUT2D eigenvalue weighted by molar-refractivity contribution is 6.58. The molecule has 0 bridgehead atoms. The predicted octanol–water partition coefficient (Wildman–Crippen LogP) is 4.10. The van der Waals surface area contributed by atoms with E-state index in [1.54, 1.807) is 18.1 Å². The van der Waals surface area contributed by atoms with Crippen molar-refractivity contribution in [3.8, 4) is 0 Å². The van der Waals surface area contributed by atoms with E-state index in [0.29, 0.717) is 0 Å². The molecule has 1 heteroatoms. The fourth-order valence-electron chi connectivity index (χ4n) is 1.51. The molecule has 0 N–H and O–H groups in total. The third kappa shape index (κ3) is 6.61. The fraction of sp³-hybridized carbons (Fsp3) is 1.00. The molecule has 0 atom stereocenters. The van der Waals surface area contributed by atoms with Gasteiger partial charge in [-0.05, 0) is 0 Å². The maximum Gasteiger partial charge on any atom is 0.0478 e. The highest BCUT2D eigenvalue weighted by Gasteiger charge is 2.06. The molecular formula is C10H23Si. The SMILES string of the molecule is CCCC[Si](CCC)CCC. The summed E-state index contributed by atoms with van der Waals surface area (Å²) in [4.78, 5) is 0. The summed E-state index contributed by atoms with van der Waals surface area (Å²) in [5.74, 6) is 0. The quantitative estimate of drug-likeness (QED) is 0.506. The first-order valence-corrected chi connectivity index (χ1v) is 7.30. The van der Waals surface area contributed by atoms with E-state index in [0.717, 1.165) is 0 Å². The lowest BCUT2D eigenvalue weighted by molar-refractivity contribution is 0.856. The molecule has 0 unspecified atom stereocenters. The minimum Gasteiger partial charge on any atom is -0.0657 e. The largest absolute Gasteiger partial charge is 0.0657 e. The zero-order valence-electron chi connectivity index (χ0n) is 8.45. The van der Waals surface area contributed by atoms with Crippen LogP contribution in [0.5, 0.6) is 0 Å². The van der Waals surface area contributed by atoms with Gasteiger partial charge in [-0.15, -0.1) is 0 Å². The van der Waals surface area contributed by atoms with E-state index in [2.05, 4.69) is 20.8 Å². The predicted molar refractivity (Wildman–Crippen MR) is 55.7 cm³/mol. The lowest BCUT2D eigenvalue weighted by Gasteiger charge is -2.11. The van der Waals surface area contributed by atoms with Crippen LogP contribution in [0.2, 0.25) is 18.1 Å². The maximum absolute atomic E-state index is 2.33. The average molecular weight is 171 g/mol. The molecule has 0 aromatic heterocycles. The zero-order chi connectivity index (χ0) is 8.53. The molecule has 0 aliphatic carbocycles. The van der Waals surface area contributed by atoms with Crippen molar-refractivity contribution in [2.45, 2.75) is 64.6 Å². The molecule has 0 aliphatic rings. The minimum atomic E-state index is 0.0909. The Morgan fingerprint density at radius 3 is 1.64 bits per heavy atom. The third-order valence-electron chi connectivity index (χ3n) is 2.09. The first-order valence-electron chi connectivity index (χ1n) is 5.18. The minimum absolute atomic E-state index is 0.0909. The van der Waals surface area contributed by atoms with Crippen LogP contribution in [-0.2, 0) is 0 Å². The van der Waals surface area contributed by atoms with Crippen LogP contribution >= 0.6 is 0 Å². The van der Waals surface area contributed by atoms with Crippen LogP contribution in [0.4, 0.5) is 0 Å². The Balaban J connectivity index is 3.34. The lowest BCUT2D eigenvalue weighted by atomic mass is 10.4. The topological polar surface area (TPSA) is 0 Å². The van der Waals surface area contributed by atoms with E-state index < -0.39 is 0 Å². The Bertz CT molecular complexity index is 65.3. The highest BCUT2D eigenvalue weighted by atomic mass is 28.3. The second-order valence-corrected chi connectivity index (χ2v) is 6.35. The van der Waals surface area contributed by atoms with Crippen molar-refractivity contribution >= 4 is 8.80 Å². The molecule has 0 aromatic rings. The summed E-state index contributed by atoms with van der Waals surface area (Å²) >= 11 is 0. The van der Waals surface area contributed by atoms with Gasteiger partial charge in [-0.1, -0.05) is 64.6 Å². The molecule has 1 radical (unpaired) electrons. The van der Waals surface area contributed by atoms with E-state index in [1.807, 2.05) is 0 Å². The van der Waals surface area contributed by atoms with Gasteiger partial charge >= 0.3 is 0 Å². The van der Waals surface area contributed by atoms with Crippen LogP contribution in [0.3, 0.4) is 0 Å². The highest BCUT2D eigenvalue weighted by Crippen LogP contribution is 2.13. The van der Waals surface area contributed by atoms with E-state index in [9.17, 15) is 0 Å². The molecule has 0 fully saturated rings. The summed E-state index contributed by atoms with van der Waals surface area (Å²) < 4.78 is 0. The van der Waals surface area contributed by atoms with Gasteiger partial charge in [-0.3, -0.25) is 0 Å². The Kier molecular flexibility index (Phi) is 8.48. The molecule has 0 aromatic carbocycles. The second-order valence-electron chi connectivity index (χ2n) is 3.35. The van der Waals surface area contributed by atoms with Crippen molar-refractivity contribution < 1.29 is 0 Å². The molecular weight excluding hydrogens is 148 g/mol. The molecule has 0 heterocycles. The molecule has 11 heavy (non-hydrogen) atoms. The van der Waals surface area contributed by atoms with E-state index in [4.69, 9.17) is 0 Å². The van der Waals surface area contributed by atoms with Crippen LogP contribution in [-0.4, -0.2) is 8.80 Å². The average Bonchev–Trinajstić information content (AvgIpc) is 2.01. The van der Waals surface area contributed by atoms with Gasteiger partial charge in [0.05, 0.1) is 0 Å². The third-order valence-corrected chi connectivity index (χ3v) is 5.57. The van der Waals surface area contributed by atoms with Crippen LogP contribution in [0.1, 0.15) is 46.5 Å². The maximum atomic E-state index is 2.33. The molecule has 67 valence electrons. The fourth-order valence-corrected chi connectivity index (χ4v) is 4.53. The molecule has 0 rings (SSSR count). The summed E-state index contributed by atoms with van der Waals surface area (Å²) in [7, 11) is 0.0909. The number of unbranched alkanes of at least 4 members (excludes halogenated alkanes) is 1. The van der Waals surface area contributed by atoms with Crippen LogP contribution in [0.25, 0.3) is 0 Å². The zero-order valence-corrected chi connectivity index (χ0v) is 9.45. The van der Waals surface area contributed by atoms with E-state index >= 15 is 0 Å². The summed E-state index contributed by atoms with van der Waals surface area (Å²) in [6, 6.07) is 4.68. The van der Waals surface area contributed by atoms with Crippen molar-refractivity contribution in [1.82, 2.24) is 0 Å². The van der Waals surface area contributed by atoms with Gasteiger partial charge in [0, 0.05) is 8.80 Å². The van der Waals surface area contributed by atoms with Gasteiger partial charge in [0.1, 0.15) is 0 Å². The van der Waals surface area contributed by atoms with Crippen LogP contribution in [0.15, 0.2) is 0 Å². The Hall–Kier alpha value is 0.217. The van der Waals surface area contributed by atoms with Crippen molar-refractivity contribution in [3.63, 3.8) is 0 Å². The van der Waals surface area contributed by atoms with E-state index in [-0.39, 0.29) is 8.80 Å². The lowest BCUT2D eigenvalue weighted by Crippen LogP contribution is -2.10. The van der Waals surface area contributed by atoms with Gasteiger partial charge in [0.25, 0.3) is 0 Å². The van der Waals surface area contributed by atoms with E-state index in [1.165, 1.54) is 25.7 Å². The number of rotatable bonds is 7. The van der Waals surface area contributed by atoms with Crippen LogP contribution in [0, 0.1) is 0 Å². The summed E-state index contributed by atoms with van der Waals surface area (Å²) in [5, 5.41) is 0. The molecule has 0 spiro atoms. The van der Waals surface area contributed by atoms with Crippen molar-refractivity contribution in [3.05, 3.63) is 0 Å². The summed E-state index contributed by atoms with van der Waals surface area (Å²) in [5.41, 5.74) is 0. The van der Waals surface area contributed by atoms with Gasteiger partial charge in [0.2, 0.25) is 0 Å². The molecule has 0 saturated heterocycles. The molecule has 0 saturated carbocycles. The van der Waals surface area contributed by atoms with Crippen LogP contribution < -0.4 is 0 Å². The number of hydrogen-bond acceptors (Lipinski definition) is 0. The van der Waals surface area contributed by atoms with Crippen molar-refractivity contribution in [2.24, 2.45) is 0 Å². The molecule has 0 nitrogen and oxygen atoms in total. The molecule has 0 aliphatic heterocycles. The second kappa shape index (κ2) is 8.31. The number of hydrogen-bond donors (Lipinski definition) is 0. The normalized spacial score (nSPS) is 10.9. The first kappa shape index (κ1) is 11.2. The van der Waals surface area contributed by atoms with Gasteiger partial charge < -0.3 is 0 Å². The first-order chi connectivity index (χ1) is 5.35. The molecule has 0 amide bonds. The Labute approximate surface area is 74.0 Å². The Morgan fingerprint density at radius 2 is 1.27 bits per heavy atom. The Morgan fingerprint density at radius 1 is 0.727 bits per heavy atom. The standard InChI is InChI=1S/C10H23Si/c1-4-7-10-11(8-5-2)9-6-3/h4-10H2,1-3H3. The van der Waals surface area contributed by atoms with Gasteiger partial charge in [-0.25, -0.2) is 0 Å². The van der Waals surface area contributed by atoms with Gasteiger partial charge in [-0.2, -0.15) is 0 Å². The smallest absolute Gasteiger partial charge is 0.0478 e. The van der Waals surface area contributed by atoms with Gasteiger partial charge in [0.15, 0.2) is 0 Å². The van der Waals surface area contributed by atoms with Crippen molar-refractivity contribution in [2.75, 3.05) is 0 Å². The summed E-state index contributed by atoms with van der Waals surface area (Å²) in [6.45, 7) is 6.95. The summed E-state index contributed by atoms with van der Waals surface area (Å²) in [6.07, 6.45) is 5.70. The monoisotopic (exact) mass is 171 g/mol. The van der Waals surface area contributed by atoms with Crippen molar-refractivity contribution in [1.29, 1.82) is 0 Å².